The molecule has 0 saturated carbocycles. The van der Waals surface area contributed by atoms with E-state index in [4.69, 9.17) is 16.7 Å². The second-order valence-electron chi connectivity index (χ2n) is 3.44. The quantitative estimate of drug-likeness (QED) is 0.795. The predicted molar refractivity (Wildman–Crippen MR) is 62.4 cm³/mol. The first-order chi connectivity index (χ1) is 7.74. The Morgan fingerprint density at radius 1 is 1.41 bits per heavy atom. The number of benzene rings is 1. The van der Waals surface area contributed by atoms with Crippen LogP contribution in [0.3, 0.4) is 0 Å². The molecule has 17 heavy (non-hydrogen) atoms. The zero-order valence-electron chi connectivity index (χ0n) is 9.14. The van der Waals surface area contributed by atoms with Crippen molar-refractivity contribution in [3.05, 3.63) is 28.8 Å². The number of hydrogen-bond donors (Lipinski definition) is 2. The third-order valence-corrected chi connectivity index (χ3v) is 3.73. The van der Waals surface area contributed by atoms with Crippen molar-refractivity contribution < 1.29 is 18.3 Å². The lowest BCUT2D eigenvalue weighted by Gasteiger charge is -2.13. The molecule has 0 aromatic heterocycles. The SMILES string of the molecule is CN(C)NS(=O)(=O)c1cc(C(=O)O)ccc1Cl. The van der Waals surface area contributed by atoms with Crippen LogP contribution in [0.15, 0.2) is 23.1 Å². The Bertz CT molecular complexity index is 542. The largest absolute Gasteiger partial charge is 0.478 e. The normalized spacial score (nSPS) is 11.8. The van der Waals surface area contributed by atoms with Gasteiger partial charge in [0, 0.05) is 14.1 Å². The Hall–Kier alpha value is -1.15. The van der Waals surface area contributed by atoms with E-state index >= 15 is 0 Å². The van der Waals surface area contributed by atoms with Gasteiger partial charge in [-0.2, -0.15) is 0 Å². The summed E-state index contributed by atoms with van der Waals surface area (Å²) in [6, 6.07) is 3.48. The number of hydrazine groups is 1. The van der Waals surface area contributed by atoms with Gasteiger partial charge in [-0.05, 0) is 18.2 Å². The molecule has 0 spiro atoms. The highest BCUT2D eigenvalue weighted by Crippen LogP contribution is 2.22. The molecule has 0 atom stereocenters. The Labute approximate surface area is 104 Å². The van der Waals surface area contributed by atoms with Crippen LogP contribution < -0.4 is 4.83 Å². The van der Waals surface area contributed by atoms with E-state index < -0.39 is 16.0 Å². The van der Waals surface area contributed by atoms with E-state index in [1.54, 1.807) is 0 Å². The van der Waals surface area contributed by atoms with Gasteiger partial charge in [-0.25, -0.2) is 18.2 Å². The lowest BCUT2D eigenvalue weighted by molar-refractivity contribution is 0.0696. The summed E-state index contributed by atoms with van der Waals surface area (Å²) in [5.74, 6) is -1.22. The number of carboxylic acid groups (broad SMARTS) is 1. The number of carboxylic acids is 1. The molecule has 0 saturated heterocycles. The average molecular weight is 279 g/mol. The first-order valence-corrected chi connectivity index (χ1v) is 6.33. The minimum absolute atomic E-state index is 0.0376. The predicted octanol–water partition coefficient (Wildman–Crippen LogP) is 0.793. The fraction of sp³-hybridized carbons (Fsp3) is 0.222. The molecule has 8 heteroatoms. The monoisotopic (exact) mass is 278 g/mol. The zero-order chi connectivity index (χ0) is 13.2. The molecule has 0 aliphatic heterocycles. The molecular formula is C9H11ClN2O4S. The molecule has 0 unspecified atom stereocenters. The highest BCUT2D eigenvalue weighted by atomic mass is 35.5. The molecule has 0 heterocycles. The van der Waals surface area contributed by atoms with Gasteiger partial charge < -0.3 is 5.11 Å². The lowest BCUT2D eigenvalue weighted by atomic mass is 10.2. The number of sulfonamides is 1. The maximum Gasteiger partial charge on any atom is 0.335 e. The van der Waals surface area contributed by atoms with Crippen LogP contribution in [0.4, 0.5) is 0 Å². The summed E-state index contributed by atoms with van der Waals surface area (Å²) < 4.78 is 23.6. The Morgan fingerprint density at radius 3 is 2.47 bits per heavy atom. The van der Waals surface area contributed by atoms with Crippen LogP contribution in [-0.4, -0.2) is 38.6 Å². The van der Waals surface area contributed by atoms with Crippen LogP contribution in [0, 0.1) is 0 Å². The number of rotatable bonds is 4. The van der Waals surface area contributed by atoms with Crippen LogP contribution in [0.2, 0.25) is 5.02 Å². The molecule has 0 bridgehead atoms. The van der Waals surface area contributed by atoms with Crippen LogP contribution >= 0.6 is 11.6 Å². The number of halogens is 1. The number of carbonyl (C=O) groups is 1. The molecule has 0 amide bonds. The number of hydrogen-bond acceptors (Lipinski definition) is 4. The van der Waals surface area contributed by atoms with Crippen molar-refractivity contribution in [1.82, 2.24) is 9.84 Å². The second kappa shape index (κ2) is 5.01. The van der Waals surface area contributed by atoms with Crippen molar-refractivity contribution in [2.45, 2.75) is 4.90 Å². The average Bonchev–Trinajstić information content (AvgIpc) is 2.15. The Kier molecular flexibility index (Phi) is 4.10. The maximum atomic E-state index is 11.8. The van der Waals surface area contributed by atoms with Gasteiger partial charge in [-0.1, -0.05) is 11.6 Å². The van der Waals surface area contributed by atoms with E-state index in [1.807, 2.05) is 0 Å². The Morgan fingerprint density at radius 2 is 2.00 bits per heavy atom. The number of nitrogens with one attached hydrogen (secondary N) is 1. The molecule has 0 radical (unpaired) electrons. The van der Waals surface area contributed by atoms with Gasteiger partial charge in [-0.3, -0.25) is 0 Å². The topological polar surface area (TPSA) is 86.7 Å². The molecule has 0 aliphatic carbocycles. The second-order valence-corrected chi connectivity index (χ2v) is 5.48. The standard InChI is InChI=1S/C9H11ClN2O4S/c1-12(2)11-17(15,16)8-5-6(9(13)14)3-4-7(8)10/h3-5,11H,1-2H3,(H,13,14). The van der Waals surface area contributed by atoms with Gasteiger partial charge in [0.25, 0.3) is 10.0 Å². The summed E-state index contributed by atoms with van der Waals surface area (Å²) >= 11 is 5.74. The molecule has 6 nitrogen and oxygen atoms in total. The van der Waals surface area contributed by atoms with Crippen molar-refractivity contribution >= 4 is 27.6 Å². The molecule has 2 N–H and O–H groups in total. The first-order valence-electron chi connectivity index (χ1n) is 4.46. The molecule has 0 fully saturated rings. The van der Waals surface area contributed by atoms with Crippen molar-refractivity contribution in [3.8, 4) is 0 Å². The molecular weight excluding hydrogens is 268 g/mol. The summed E-state index contributed by atoms with van der Waals surface area (Å²) in [7, 11) is -0.880. The highest BCUT2D eigenvalue weighted by Gasteiger charge is 2.20. The van der Waals surface area contributed by atoms with Crippen molar-refractivity contribution in [2.24, 2.45) is 0 Å². The van der Waals surface area contributed by atoms with Crippen LogP contribution in [-0.2, 0) is 10.0 Å². The third-order valence-electron chi connectivity index (χ3n) is 1.77. The van der Waals surface area contributed by atoms with Gasteiger partial charge in [0.05, 0.1) is 10.6 Å². The van der Waals surface area contributed by atoms with E-state index in [1.165, 1.54) is 31.2 Å². The summed E-state index contributed by atoms with van der Waals surface area (Å²) in [5, 5.41) is 9.96. The smallest absolute Gasteiger partial charge is 0.335 e. The van der Waals surface area contributed by atoms with Crippen molar-refractivity contribution in [1.29, 1.82) is 0 Å². The van der Waals surface area contributed by atoms with Gasteiger partial charge in [-0.15, -0.1) is 4.83 Å². The van der Waals surface area contributed by atoms with Crippen molar-refractivity contribution in [2.75, 3.05) is 14.1 Å². The minimum Gasteiger partial charge on any atom is -0.478 e. The highest BCUT2D eigenvalue weighted by molar-refractivity contribution is 7.89. The molecule has 1 rings (SSSR count). The van der Waals surface area contributed by atoms with Gasteiger partial charge in [0.15, 0.2) is 0 Å². The van der Waals surface area contributed by atoms with E-state index in [0.29, 0.717) is 0 Å². The summed E-state index contributed by atoms with van der Waals surface area (Å²) in [6.07, 6.45) is 0. The minimum atomic E-state index is -3.87. The summed E-state index contributed by atoms with van der Waals surface area (Å²) in [6.45, 7) is 0. The summed E-state index contributed by atoms with van der Waals surface area (Å²) in [4.78, 5) is 12.6. The van der Waals surface area contributed by atoms with E-state index in [9.17, 15) is 13.2 Å². The number of nitrogens with zero attached hydrogens (tertiary/aromatic N) is 1. The molecule has 1 aromatic rings. The Balaban J connectivity index is 3.30. The third kappa shape index (κ3) is 3.40. The van der Waals surface area contributed by atoms with Gasteiger partial charge >= 0.3 is 5.97 Å². The zero-order valence-corrected chi connectivity index (χ0v) is 10.7. The van der Waals surface area contributed by atoms with Crippen LogP contribution in [0.1, 0.15) is 10.4 Å². The number of aromatic carboxylic acids is 1. The van der Waals surface area contributed by atoms with Crippen LogP contribution in [0.5, 0.6) is 0 Å². The van der Waals surface area contributed by atoms with Gasteiger partial charge in [0.1, 0.15) is 4.90 Å². The fourth-order valence-electron chi connectivity index (χ4n) is 1.13. The van der Waals surface area contributed by atoms with E-state index in [-0.39, 0.29) is 15.5 Å². The molecule has 0 aliphatic rings. The summed E-state index contributed by atoms with van der Waals surface area (Å²) in [5.41, 5.74) is -0.145. The fourth-order valence-corrected chi connectivity index (χ4v) is 2.74. The molecule has 1 aromatic carbocycles. The van der Waals surface area contributed by atoms with Crippen molar-refractivity contribution in [3.63, 3.8) is 0 Å². The van der Waals surface area contributed by atoms with Gasteiger partial charge in [0.2, 0.25) is 0 Å². The lowest BCUT2D eigenvalue weighted by Crippen LogP contribution is -2.36. The van der Waals surface area contributed by atoms with Crippen LogP contribution in [0.25, 0.3) is 0 Å². The maximum absolute atomic E-state index is 11.8. The first kappa shape index (κ1) is 13.9. The van der Waals surface area contributed by atoms with E-state index in [2.05, 4.69) is 4.83 Å². The molecule has 94 valence electrons. The van der Waals surface area contributed by atoms with E-state index in [0.717, 1.165) is 6.07 Å².